The van der Waals surface area contributed by atoms with Crippen LogP contribution in [0.15, 0.2) is 28.7 Å². The number of hydrogen-bond acceptors (Lipinski definition) is 2. The first kappa shape index (κ1) is 12.5. The van der Waals surface area contributed by atoms with E-state index in [4.69, 9.17) is 0 Å². The zero-order valence-electron chi connectivity index (χ0n) is 9.42. The van der Waals surface area contributed by atoms with E-state index in [1.165, 1.54) is 29.9 Å². The Kier molecular flexibility index (Phi) is 5.20. The zero-order valence-corrected chi connectivity index (χ0v) is 11.8. The first-order chi connectivity index (χ1) is 7.84. The van der Waals surface area contributed by atoms with Gasteiger partial charge in [0, 0.05) is 23.3 Å². The van der Waals surface area contributed by atoms with Crippen molar-refractivity contribution in [2.24, 2.45) is 5.92 Å². The van der Waals surface area contributed by atoms with Crippen LogP contribution in [-0.2, 0) is 6.54 Å². The van der Waals surface area contributed by atoms with E-state index in [9.17, 15) is 0 Å². The predicted octanol–water partition coefficient (Wildman–Crippen LogP) is 3.68. The third-order valence-corrected chi connectivity index (χ3v) is 4.44. The maximum absolute atomic E-state index is 3.48. The Morgan fingerprint density at radius 2 is 2.00 bits per heavy atom. The van der Waals surface area contributed by atoms with Gasteiger partial charge in [-0.1, -0.05) is 28.1 Å². The van der Waals surface area contributed by atoms with Crippen molar-refractivity contribution in [2.45, 2.75) is 19.4 Å². The fourth-order valence-electron chi connectivity index (χ4n) is 1.51. The number of benzene rings is 1. The molecule has 1 aromatic carbocycles. The van der Waals surface area contributed by atoms with Crippen LogP contribution in [0.1, 0.15) is 18.4 Å². The van der Waals surface area contributed by atoms with Crippen molar-refractivity contribution in [1.29, 1.82) is 0 Å². The molecule has 1 aliphatic carbocycles. The van der Waals surface area contributed by atoms with Gasteiger partial charge >= 0.3 is 0 Å². The summed E-state index contributed by atoms with van der Waals surface area (Å²) in [4.78, 5) is 0. The highest BCUT2D eigenvalue weighted by Crippen LogP contribution is 2.32. The molecule has 0 aromatic heterocycles. The van der Waals surface area contributed by atoms with Gasteiger partial charge in [-0.2, -0.15) is 11.8 Å². The molecule has 0 spiro atoms. The molecule has 16 heavy (non-hydrogen) atoms. The van der Waals surface area contributed by atoms with Crippen molar-refractivity contribution >= 4 is 27.7 Å². The van der Waals surface area contributed by atoms with Gasteiger partial charge in [-0.3, -0.25) is 0 Å². The van der Waals surface area contributed by atoms with Gasteiger partial charge in [0.25, 0.3) is 0 Å². The van der Waals surface area contributed by atoms with Crippen LogP contribution in [0, 0.1) is 5.92 Å². The molecule has 1 saturated carbocycles. The van der Waals surface area contributed by atoms with Crippen molar-refractivity contribution in [1.82, 2.24) is 5.32 Å². The van der Waals surface area contributed by atoms with E-state index in [1.807, 2.05) is 0 Å². The standard InChI is InChI=1S/C13H18BrNS/c14-13-5-3-11(4-6-13)9-15-7-8-16-10-12-1-2-12/h3-6,12,15H,1-2,7-10H2. The van der Waals surface area contributed by atoms with Crippen LogP contribution >= 0.6 is 27.7 Å². The Morgan fingerprint density at radius 1 is 1.25 bits per heavy atom. The molecule has 0 unspecified atom stereocenters. The molecule has 0 atom stereocenters. The number of rotatable bonds is 7. The summed E-state index contributed by atoms with van der Waals surface area (Å²) in [5, 5.41) is 3.48. The van der Waals surface area contributed by atoms with Crippen molar-refractivity contribution in [3.05, 3.63) is 34.3 Å². The van der Waals surface area contributed by atoms with Crippen molar-refractivity contribution in [2.75, 3.05) is 18.1 Å². The fraction of sp³-hybridized carbons (Fsp3) is 0.538. The molecule has 0 bridgehead atoms. The minimum absolute atomic E-state index is 0.983. The lowest BCUT2D eigenvalue weighted by atomic mass is 10.2. The van der Waals surface area contributed by atoms with E-state index in [0.29, 0.717) is 0 Å². The molecule has 2 rings (SSSR count). The molecule has 88 valence electrons. The molecular weight excluding hydrogens is 282 g/mol. The van der Waals surface area contributed by atoms with Crippen molar-refractivity contribution < 1.29 is 0 Å². The highest BCUT2D eigenvalue weighted by atomic mass is 79.9. The van der Waals surface area contributed by atoms with Crippen LogP contribution in [0.25, 0.3) is 0 Å². The number of halogens is 1. The van der Waals surface area contributed by atoms with Crippen LogP contribution in [-0.4, -0.2) is 18.1 Å². The summed E-state index contributed by atoms with van der Waals surface area (Å²) in [7, 11) is 0. The first-order valence-electron chi connectivity index (χ1n) is 5.87. The quantitative estimate of drug-likeness (QED) is 0.771. The smallest absolute Gasteiger partial charge is 0.0205 e. The average molecular weight is 300 g/mol. The lowest BCUT2D eigenvalue weighted by Crippen LogP contribution is -2.16. The Labute approximate surface area is 111 Å². The summed E-state index contributed by atoms with van der Waals surface area (Å²) < 4.78 is 1.15. The highest BCUT2D eigenvalue weighted by molar-refractivity contribution is 9.10. The van der Waals surface area contributed by atoms with Crippen LogP contribution in [0.5, 0.6) is 0 Å². The normalized spacial score (nSPS) is 15.3. The van der Waals surface area contributed by atoms with Crippen molar-refractivity contribution in [3.63, 3.8) is 0 Å². The van der Waals surface area contributed by atoms with E-state index in [0.717, 1.165) is 23.5 Å². The molecule has 1 N–H and O–H groups in total. The van der Waals surface area contributed by atoms with E-state index in [-0.39, 0.29) is 0 Å². The summed E-state index contributed by atoms with van der Waals surface area (Å²) >= 11 is 5.53. The molecule has 0 aliphatic heterocycles. The molecule has 0 radical (unpaired) electrons. The van der Waals surface area contributed by atoms with Gasteiger partial charge in [0.15, 0.2) is 0 Å². The molecule has 0 saturated heterocycles. The molecule has 1 aromatic rings. The van der Waals surface area contributed by atoms with Gasteiger partial charge in [-0.25, -0.2) is 0 Å². The lowest BCUT2D eigenvalue weighted by molar-refractivity contribution is 0.731. The molecule has 1 fully saturated rings. The second-order valence-electron chi connectivity index (χ2n) is 4.32. The molecule has 3 heteroatoms. The van der Waals surface area contributed by atoms with E-state index < -0.39 is 0 Å². The molecule has 0 amide bonds. The molecule has 1 aliphatic rings. The fourth-order valence-corrected chi connectivity index (χ4v) is 2.90. The van der Waals surface area contributed by atoms with Crippen LogP contribution < -0.4 is 5.32 Å². The maximum atomic E-state index is 3.48. The lowest BCUT2D eigenvalue weighted by Gasteiger charge is -2.04. The molecular formula is C13H18BrNS. The Balaban J connectivity index is 1.51. The minimum Gasteiger partial charge on any atom is -0.312 e. The third kappa shape index (κ3) is 4.89. The average Bonchev–Trinajstić information content (AvgIpc) is 3.10. The zero-order chi connectivity index (χ0) is 11.2. The summed E-state index contributed by atoms with van der Waals surface area (Å²) in [6.45, 7) is 2.10. The Morgan fingerprint density at radius 3 is 2.69 bits per heavy atom. The van der Waals surface area contributed by atoms with Gasteiger partial charge in [0.05, 0.1) is 0 Å². The molecule has 0 heterocycles. The Hall–Kier alpha value is 0.01000. The summed E-state index contributed by atoms with van der Waals surface area (Å²) in [5.41, 5.74) is 1.36. The topological polar surface area (TPSA) is 12.0 Å². The van der Waals surface area contributed by atoms with Crippen molar-refractivity contribution in [3.8, 4) is 0 Å². The highest BCUT2D eigenvalue weighted by Gasteiger charge is 2.20. The van der Waals surface area contributed by atoms with E-state index in [1.54, 1.807) is 0 Å². The maximum Gasteiger partial charge on any atom is 0.0205 e. The summed E-state index contributed by atoms with van der Waals surface area (Å²) in [5.74, 6) is 3.67. The van der Waals surface area contributed by atoms with Gasteiger partial charge in [0.2, 0.25) is 0 Å². The monoisotopic (exact) mass is 299 g/mol. The first-order valence-corrected chi connectivity index (χ1v) is 7.82. The van der Waals surface area contributed by atoms with Gasteiger partial charge < -0.3 is 5.32 Å². The number of nitrogens with one attached hydrogen (secondary N) is 1. The van der Waals surface area contributed by atoms with E-state index in [2.05, 4.69) is 57.3 Å². The van der Waals surface area contributed by atoms with Crippen LogP contribution in [0.2, 0.25) is 0 Å². The largest absolute Gasteiger partial charge is 0.312 e. The van der Waals surface area contributed by atoms with Gasteiger partial charge in [-0.05, 0) is 42.2 Å². The predicted molar refractivity (Wildman–Crippen MR) is 75.9 cm³/mol. The minimum atomic E-state index is 0.983. The van der Waals surface area contributed by atoms with Gasteiger partial charge in [0.1, 0.15) is 0 Å². The third-order valence-electron chi connectivity index (χ3n) is 2.72. The second-order valence-corrected chi connectivity index (χ2v) is 6.39. The summed E-state index contributed by atoms with van der Waals surface area (Å²) in [6, 6.07) is 8.51. The van der Waals surface area contributed by atoms with E-state index >= 15 is 0 Å². The molecule has 1 nitrogen and oxygen atoms in total. The number of thioether (sulfide) groups is 1. The van der Waals surface area contributed by atoms with Crippen LogP contribution in [0.3, 0.4) is 0 Å². The second kappa shape index (κ2) is 6.67. The van der Waals surface area contributed by atoms with Crippen LogP contribution in [0.4, 0.5) is 0 Å². The summed E-state index contributed by atoms with van der Waals surface area (Å²) in [6.07, 6.45) is 2.94. The SMILES string of the molecule is Brc1ccc(CNCCSCC2CC2)cc1. The van der Waals surface area contributed by atoms with Gasteiger partial charge in [-0.15, -0.1) is 0 Å². The Bertz CT molecular complexity index is 308. The number of hydrogen-bond donors (Lipinski definition) is 1.